The molecule has 11 nitrogen and oxygen atoms in total. The zero-order chi connectivity index (χ0) is 22.2. The van der Waals surface area contributed by atoms with Gasteiger partial charge in [-0.05, 0) is 12.0 Å². The number of H-pyrrole nitrogens is 1. The van der Waals surface area contributed by atoms with E-state index in [4.69, 9.17) is 4.74 Å². The van der Waals surface area contributed by atoms with Gasteiger partial charge in [-0.1, -0.05) is 13.8 Å². The average Bonchev–Trinajstić information content (AvgIpc) is 3.07. The Kier molecular flexibility index (Phi) is 6.19. The van der Waals surface area contributed by atoms with Gasteiger partial charge in [0.2, 0.25) is 5.82 Å². The van der Waals surface area contributed by atoms with E-state index in [2.05, 4.69) is 10.4 Å². The minimum atomic E-state index is -1.47. The molecule has 0 radical (unpaired) electrons. The van der Waals surface area contributed by atoms with Crippen molar-refractivity contribution >= 4 is 5.91 Å². The molecule has 1 fully saturated rings. The largest absolute Gasteiger partial charge is 0.388 e. The molecule has 1 amide bonds. The van der Waals surface area contributed by atoms with Crippen LogP contribution >= 0.6 is 0 Å². The first-order chi connectivity index (χ1) is 14.1. The van der Waals surface area contributed by atoms with Crippen LogP contribution in [0.1, 0.15) is 35.9 Å². The molecule has 0 aromatic carbocycles. The third-order valence-corrected chi connectivity index (χ3v) is 5.02. The fourth-order valence-corrected chi connectivity index (χ4v) is 3.21. The molecule has 2 aromatic heterocycles. The summed E-state index contributed by atoms with van der Waals surface area (Å²) in [7, 11) is 1.63. The fraction of sp³-hybridized carbons (Fsp3) is 0.556. The van der Waals surface area contributed by atoms with Gasteiger partial charge in [0.05, 0.1) is 31.1 Å². The molecular weight excluding hydrogens is 401 g/mol. The van der Waals surface area contributed by atoms with Crippen molar-refractivity contribution in [2.45, 2.75) is 50.7 Å². The van der Waals surface area contributed by atoms with E-state index in [-0.39, 0.29) is 24.8 Å². The highest BCUT2D eigenvalue weighted by atomic mass is 19.1. The number of aliphatic hydroxyl groups excluding tert-OH is 2. The summed E-state index contributed by atoms with van der Waals surface area (Å²) in [4.78, 5) is 37.3. The highest BCUT2D eigenvalue weighted by molar-refractivity contribution is 5.93. The topological polar surface area (TPSA) is 151 Å². The van der Waals surface area contributed by atoms with Gasteiger partial charge in [0.25, 0.3) is 11.5 Å². The van der Waals surface area contributed by atoms with Crippen molar-refractivity contribution in [3.05, 3.63) is 50.3 Å². The van der Waals surface area contributed by atoms with Crippen LogP contribution in [0.5, 0.6) is 0 Å². The zero-order valence-electron chi connectivity index (χ0n) is 16.7. The van der Waals surface area contributed by atoms with Gasteiger partial charge in [-0.15, -0.1) is 0 Å². The van der Waals surface area contributed by atoms with Crippen molar-refractivity contribution in [3.63, 3.8) is 0 Å². The highest BCUT2D eigenvalue weighted by Crippen LogP contribution is 2.18. The van der Waals surface area contributed by atoms with Crippen LogP contribution < -0.4 is 16.6 Å². The predicted octanol–water partition coefficient (Wildman–Crippen LogP) is -1.55. The third-order valence-electron chi connectivity index (χ3n) is 5.02. The number of aliphatic hydroxyl groups is 2. The maximum Gasteiger partial charge on any atom is 0.328 e. The minimum absolute atomic E-state index is 0.130. The number of rotatable bonds is 5. The van der Waals surface area contributed by atoms with Crippen molar-refractivity contribution in [3.8, 4) is 0 Å². The second-order valence-corrected chi connectivity index (χ2v) is 7.55. The molecule has 4 atom stereocenters. The Labute approximate surface area is 170 Å². The molecule has 2 aromatic rings. The Hall–Kier alpha value is -2.83. The van der Waals surface area contributed by atoms with Crippen LogP contribution in [0.15, 0.2) is 21.9 Å². The lowest BCUT2D eigenvalue weighted by Crippen LogP contribution is -2.60. The average molecular weight is 425 g/mol. The molecule has 3 rings (SSSR count). The standard InChI is InChI=1S/C18H24FN5O6/c1-8(2)10-4-12(23(3)22-10)17(28)20-11-7-30-13(15(26)14(11)25)6-24-5-9(19)16(27)21-18(24)29/h4-5,8,11,13-15,25-26H,6-7H2,1-3H3,(H,20,28)(H,21,27,29)/t11-,13-,14+,15-/m1/s1. The lowest BCUT2D eigenvalue weighted by Gasteiger charge is -2.38. The second kappa shape index (κ2) is 8.50. The van der Waals surface area contributed by atoms with Gasteiger partial charge in [-0.25, -0.2) is 4.79 Å². The van der Waals surface area contributed by atoms with Crippen molar-refractivity contribution in [2.75, 3.05) is 6.61 Å². The highest BCUT2D eigenvalue weighted by Gasteiger charge is 2.39. The molecule has 0 bridgehead atoms. The summed E-state index contributed by atoms with van der Waals surface area (Å²) < 4.78 is 21.2. The molecule has 1 aliphatic heterocycles. The summed E-state index contributed by atoms with van der Waals surface area (Å²) in [6.45, 7) is 3.44. The van der Waals surface area contributed by atoms with Crippen LogP contribution in [-0.2, 0) is 18.3 Å². The maximum absolute atomic E-state index is 13.4. The Morgan fingerprint density at radius 1 is 1.40 bits per heavy atom. The quantitative estimate of drug-likeness (QED) is 0.453. The van der Waals surface area contributed by atoms with Gasteiger partial charge in [0.15, 0.2) is 0 Å². The lowest BCUT2D eigenvalue weighted by atomic mass is 9.97. The summed E-state index contributed by atoms with van der Waals surface area (Å²) in [6, 6.07) is 0.733. The van der Waals surface area contributed by atoms with E-state index in [0.717, 1.165) is 10.3 Å². The van der Waals surface area contributed by atoms with E-state index < -0.39 is 47.3 Å². The van der Waals surface area contributed by atoms with Gasteiger partial charge >= 0.3 is 5.69 Å². The van der Waals surface area contributed by atoms with Crippen molar-refractivity contribution in [2.24, 2.45) is 7.05 Å². The van der Waals surface area contributed by atoms with Crippen LogP contribution in [-0.4, -0.2) is 66.4 Å². The molecule has 1 aliphatic rings. The van der Waals surface area contributed by atoms with E-state index in [0.29, 0.717) is 6.20 Å². The molecule has 30 heavy (non-hydrogen) atoms. The number of hydrogen-bond acceptors (Lipinski definition) is 7. The SMILES string of the molecule is CC(C)c1cc(C(=O)N[C@@H]2CO[C@H](Cn3cc(F)c(=O)[nH]c3=O)[C@@H](O)[C@H]2O)n(C)n1. The van der Waals surface area contributed by atoms with Crippen LogP contribution in [0.3, 0.4) is 0 Å². The van der Waals surface area contributed by atoms with Crippen LogP contribution in [0.2, 0.25) is 0 Å². The Morgan fingerprint density at radius 3 is 2.73 bits per heavy atom. The number of carbonyl (C=O) groups excluding carboxylic acids is 1. The third kappa shape index (κ3) is 4.35. The number of aryl methyl sites for hydroxylation is 1. The summed E-state index contributed by atoms with van der Waals surface area (Å²) >= 11 is 0. The van der Waals surface area contributed by atoms with Crippen LogP contribution in [0.25, 0.3) is 0 Å². The van der Waals surface area contributed by atoms with Gasteiger partial charge in [-0.3, -0.25) is 23.8 Å². The number of nitrogens with zero attached hydrogens (tertiary/aromatic N) is 3. The molecule has 0 unspecified atom stereocenters. The van der Waals surface area contributed by atoms with E-state index in [9.17, 15) is 29.0 Å². The number of amides is 1. The molecule has 1 saturated heterocycles. The number of aromatic nitrogens is 4. The molecule has 0 aliphatic carbocycles. The van der Waals surface area contributed by atoms with Gasteiger partial charge in [0, 0.05) is 7.05 Å². The minimum Gasteiger partial charge on any atom is -0.388 e. The van der Waals surface area contributed by atoms with Crippen LogP contribution in [0, 0.1) is 5.82 Å². The number of halogens is 1. The summed E-state index contributed by atoms with van der Waals surface area (Å²) in [5.74, 6) is -1.53. The Balaban J connectivity index is 1.68. The van der Waals surface area contributed by atoms with Gasteiger partial charge in [0.1, 0.15) is 24.0 Å². The van der Waals surface area contributed by atoms with E-state index >= 15 is 0 Å². The molecule has 3 heterocycles. The predicted molar refractivity (Wildman–Crippen MR) is 102 cm³/mol. The monoisotopic (exact) mass is 425 g/mol. The van der Waals surface area contributed by atoms with Crippen molar-refractivity contribution in [1.29, 1.82) is 0 Å². The van der Waals surface area contributed by atoms with Gasteiger partial charge < -0.3 is 20.3 Å². The molecule has 4 N–H and O–H groups in total. The zero-order valence-corrected chi connectivity index (χ0v) is 16.7. The molecular formula is C18H24FN5O6. The number of aromatic amines is 1. The molecule has 0 saturated carbocycles. The maximum atomic E-state index is 13.4. The first-order valence-corrected chi connectivity index (χ1v) is 9.40. The van der Waals surface area contributed by atoms with Gasteiger partial charge in [-0.2, -0.15) is 9.49 Å². The van der Waals surface area contributed by atoms with Crippen LogP contribution in [0.4, 0.5) is 4.39 Å². The normalized spacial score (nSPS) is 24.2. The Bertz CT molecular complexity index is 1040. The molecule has 12 heteroatoms. The number of carbonyl (C=O) groups is 1. The fourth-order valence-electron chi connectivity index (χ4n) is 3.21. The summed E-state index contributed by atoms with van der Waals surface area (Å²) in [6.07, 6.45) is -3.22. The first-order valence-electron chi connectivity index (χ1n) is 9.40. The number of hydrogen-bond donors (Lipinski definition) is 4. The summed E-state index contributed by atoms with van der Waals surface area (Å²) in [5, 5.41) is 27.7. The smallest absolute Gasteiger partial charge is 0.328 e. The number of ether oxygens (including phenoxy) is 1. The lowest BCUT2D eigenvalue weighted by molar-refractivity contribution is -0.152. The van der Waals surface area contributed by atoms with E-state index in [1.165, 1.54) is 4.68 Å². The summed E-state index contributed by atoms with van der Waals surface area (Å²) in [5.41, 5.74) is -1.00. The molecule has 0 spiro atoms. The molecule has 164 valence electrons. The van der Waals surface area contributed by atoms with Crippen molar-refractivity contribution in [1.82, 2.24) is 24.6 Å². The van der Waals surface area contributed by atoms with Crippen molar-refractivity contribution < 1.29 is 24.1 Å². The Morgan fingerprint density at radius 2 is 2.10 bits per heavy atom. The first kappa shape index (κ1) is 21.9. The second-order valence-electron chi connectivity index (χ2n) is 7.55. The van der Waals surface area contributed by atoms with E-state index in [1.54, 1.807) is 18.1 Å². The number of nitrogens with one attached hydrogen (secondary N) is 2. The van der Waals surface area contributed by atoms with E-state index in [1.807, 2.05) is 13.8 Å².